The van der Waals surface area contributed by atoms with Crippen molar-refractivity contribution >= 4 is 7.82 Å². The number of hydrogen-bond acceptors (Lipinski definition) is 4. The van der Waals surface area contributed by atoms with Crippen LogP contribution in [0.4, 0.5) is 0 Å². The molecule has 0 amide bonds. The molecule has 0 spiro atoms. The largest absolute Gasteiger partial charge is 0.472 e. The van der Waals surface area contributed by atoms with Crippen molar-refractivity contribution in [2.75, 3.05) is 19.8 Å². The van der Waals surface area contributed by atoms with Crippen LogP contribution >= 0.6 is 7.82 Å². The average molecular weight is 728 g/mol. The molecular weight excluding hydrogens is 637 g/mol. The number of rotatable bonds is 40. The van der Waals surface area contributed by atoms with Gasteiger partial charge in [0.2, 0.25) is 0 Å². The van der Waals surface area contributed by atoms with Crippen LogP contribution in [0.25, 0.3) is 0 Å². The summed E-state index contributed by atoms with van der Waals surface area (Å²) in [4.78, 5) is 9.86. The third kappa shape index (κ3) is 49.7. The molecule has 0 unspecified atom stereocenters. The Morgan fingerprint density at radius 1 is 0.400 bits per heavy atom. The molecule has 0 atom stereocenters. The van der Waals surface area contributed by atoms with Crippen LogP contribution in [-0.4, -0.2) is 24.7 Å². The lowest BCUT2D eigenvalue weighted by Crippen LogP contribution is -1.99. The molecule has 0 aliphatic heterocycles. The fourth-order valence-electron chi connectivity index (χ4n) is 6.02. The van der Waals surface area contributed by atoms with Gasteiger partial charge in [0, 0.05) is 0 Å². The van der Waals surface area contributed by atoms with Crippen LogP contribution in [0.15, 0.2) is 24.3 Å². The molecule has 0 bridgehead atoms. The smallest absolute Gasteiger partial charge is 0.330 e. The number of hydrogen-bond donors (Lipinski definition) is 2. The summed E-state index contributed by atoms with van der Waals surface area (Å²) in [6.07, 6.45) is 52.4. The number of allylic oxidation sites excluding steroid dienone is 4. The molecule has 0 heterocycles. The standard InChI is InChI=1S/C36H71O4P.C8H19N/c1-3-5-7-9-11-13-15-17-19-21-23-25-27-29-31-33-35-39-41(37,38)40-36-34-32-30-28-26-24-22-20-18-16-14-12-10-8-6-4-2;1-2-3-4-5-6-7-8-9/h17-20H,3-16,21-36H2,1-2H3,(H,37,38);2-9H2,1H3/b19-17-,20-18-;. The summed E-state index contributed by atoms with van der Waals surface area (Å²) >= 11 is 0. The van der Waals surface area contributed by atoms with Gasteiger partial charge in [-0.15, -0.1) is 0 Å². The lowest BCUT2D eigenvalue weighted by Gasteiger charge is -2.12. The first-order chi connectivity index (χ1) is 24.5. The highest BCUT2D eigenvalue weighted by Crippen LogP contribution is 2.43. The summed E-state index contributed by atoms with van der Waals surface area (Å²) in [5.41, 5.74) is 5.34. The number of nitrogens with two attached hydrogens (primary N) is 1. The lowest BCUT2D eigenvalue weighted by molar-refractivity contribution is 0.145. The second-order valence-corrected chi connectivity index (χ2v) is 16.0. The number of unbranched alkanes of at least 4 members (excludes halogenated alkanes) is 29. The van der Waals surface area contributed by atoms with E-state index in [0.717, 1.165) is 45.1 Å². The summed E-state index contributed by atoms with van der Waals surface area (Å²) in [6, 6.07) is 0. The van der Waals surface area contributed by atoms with Gasteiger partial charge in [-0.2, -0.15) is 0 Å². The van der Waals surface area contributed by atoms with E-state index in [-0.39, 0.29) is 0 Å². The summed E-state index contributed by atoms with van der Waals surface area (Å²) in [7, 11) is -3.89. The zero-order valence-electron chi connectivity index (χ0n) is 34.2. The Balaban J connectivity index is 0. The highest BCUT2D eigenvalue weighted by atomic mass is 31.2. The number of phosphoric acid groups is 1. The van der Waals surface area contributed by atoms with Gasteiger partial charge in [0.15, 0.2) is 0 Å². The minimum absolute atomic E-state index is 0.308. The Bertz CT molecular complexity index is 660. The molecule has 6 heteroatoms. The van der Waals surface area contributed by atoms with E-state index < -0.39 is 7.82 Å². The molecule has 0 aromatic heterocycles. The van der Waals surface area contributed by atoms with Gasteiger partial charge in [-0.1, -0.05) is 193 Å². The highest BCUT2D eigenvalue weighted by Gasteiger charge is 2.19. The topological polar surface area (TPSA) is 81.8 Å². The third-order valence-corrected chi connectivity index (χ3v) is 10.4. The quantitative estimate of drug-likeness (QED) is 0.0373. The molecule has 0 aliphatic carbocycles. The van der Waals surface area contributed by atoms with Gasteiger partial charge in [-0.05, 0) is 77.2 Å². The Morgan fingerprint density at radius 2 is 0.640 bits per heavy atom. The Morgan fingerprint density at radius 3 is 0.920 bits per heavy atom. The molecule has 0 saturated heterocycles. The van der Waals surface area contributed by atoms with Crippen LogP contribution in [0.3, 0.4) is 0 Å². The maximum Gasteiger partial charge on any atom is 0.472 e. The monoisotopic (exact) mass is 728 g/mol. The average Bonchev–Trinajstić information content (AvgIpc) is 3.11. The van der Waals surface area contributed by atoms with Gasteiger partial charge in [-0.25, -0.2) is 4.57 Å². The molecule has 300 valence electrons. The van der Waals surface area contributed by atoms with E-state index in [2.05, 4.69) is 45.1 Å². The predicted molar refractivity (Wildman–Crippen MR) is 223 cm³/mol. The van der Waals surface area contributed by atoms with Crippen LogP contribution in [0.5, 0.6) is 0 Å². The van der Waals surface area contributed by atoms with Crippen LogP contribution in [0.1, 0.15) is 239 Å². The van der Waals surface area contributed by atoms with E-state index in [1.54, 1.807) is 0 Å². The third-order valence-electron chi connectivity index (χ3n) is 9.38. The van der Waals surface area contributed by atoms with Gasteiger partial charge < -0.3 is 10.6 Å². The van der Waals surface area contributed by atoms with E-state index in [9.17, 15) is 9.46 Å². The number of phosphoric ester groups is 1. The van der Waals surface area contributed by atoms with E-state index in [0.29, 0.717) is 13.2 Å². The van der Waals surface area contributed by atoms with E-state index in [4.69, 9.17) is 14.8 Å². The normalized spacial score (nSPS) is 11.9. The zero-order chi connectivity index (χ0) is 36.9. The first kappa shape index (κ1) is 51.7. The molecule has 0 aromatic rings. The molecule has 0 aromatic carbocycles. The molecule has 0 rings (SSSR count). The lowest BCUT2D eigenvalue weighted by atomic mass is 10.1. The van der Waals surface area contributed by atoms with Gasteiger partial charge in [0.05, 0.1) is 13.2 Å². The second kappa shape index (κ2) is 46.6. The van der Waals surface area contributed by atoms with Gasteiger partial charge >= 0.3 is 7.82 Å². The maximum atomic E-state index is 12.0. The van der Waals surface area contributed by atoms with Crippen molar-refractivity contribution in [2.24, 2.45) is 5.73 Å². The zero-order valence-corrected chi connectivity index (χ0v) is 35.1. The van der Waals surface area contributed by atoms with Crippen molar-refractivity contribution in [1.82, 2.24) is 0 Å². The fraction of sp³-hybridized carbons (Fsp3) is 0.909. The second-order valence-electron chi connectivity index (χ2n) is 14.6. The molecule has 0 aliphatic rings. The molecule has 3 N–H and O–H groups in total. The van der Waals surface area contributed by atoms with Crippen LogP contribution in [0, 0.1) is 0 Å². The minimum Gasteiger partial charge on any atom is -0.330 e. The molecular formula is C44H90NO4P. The highest BCUT2D eigenvalue weighted by molar-refractivity contribution is 7.47. The minimum atomic E-state index is -3.89. The van der Waals surface area contributed by atoms with E-state index in [1.807, 2.05) is 0 Å². The van der Waals surface area contributed by atoms with Crippen molar-refractivity contribution in [3.05, 3.63) is 24.3 Å². The summed E-state index contributed by atoms with van der Waals surface area (Å²) in [5, 5.41) is 0. The summed E-state index contributed by atoms with van der Waals surface area (Å²) in [6.45, 7) is 8.26. The first-order valence-corrected chi connectivity index (χ1v) is 23.6. The van der Waals surface area contributed by atoms with Gasteiger partial charge in [0.25, 0.3) is 0 Å². The molecule has 0 saturated carbocycles. The van der Waals surface area contributed by atoms with Gasteiger partial charge in [-0.3, -0.25) is 9.05 Å². The van der Waals surface area contributed by atoms with Crippen LogP contribution in [0.2, 0.25) is 0 Å². The van der Waals surface area contributed by atoms with Crippen molar-refractivity contribution < 1.29 is 18.5 Å². The van der Waals surface area contributed by atoms with Gasteiger partial charge in [0.1, 0.15) is 0 Å². The van der Waals surface area contributed by atoms with Crippen molar-refractivity contribution in [2.45, 2.75) is 239 Å². The summed E-state index contributed by atoms with van der Waals surface area (Å²) in [5.74, 6) is 0. The Labute approximate surface area is 314 Å². The first-order valence-electron chi connectivity index (χ1n) is 22.2. The Kier molecular flexibility index (Phi) is 48.1. The van der Waals surface area contributed by atoms with Crippen molar-refractivity contribution in [3.8, 4) is 0 Å². The maximum absolute atomic E-state index is 12.0. The van der Waals surface area contributed by atoms with E-state index >= 15 is 0 Å². The van der Waals surface area contributed by atoms with Crippen molar-refractivity contribution in [3.63, 3.8) is 0 Å². The molecule has 5 nitrogen and oxygen atoms in total. The van der Waals surface area contributed by atoms with Crippen LogP contribution < -0.4 is 5.73 Å². The molecule has 0 fully saturated rings. The SMILES string of the molecule is CCCCCCCC/C=C\CCCCCCCCOP(=O)(O)OCCCCCCCC/C=C\CCCCCCCC.CCCCCCCCN. The van der Waals surface area contributed by atoms with Crippen LogP contribution in [-0.2, 0) is 13.6 Å². The molecule has 0 radical (unpaired) electrons. The summed E-state index contributed by atoms with van der Waals surface area (Å²) < 4.78 is 22.3. The Hall–Kier alpha value is -0.450. The van der Waals surface area contributed by atoms with E-state index in [1.165, 1.54) is 180 Å². The molecule has 50 heavy (non-hydrogen) atoms. The predicted octanol–water partition coefficient (Wildman–Crippen LogP) is 15.5. The van der Waals surface area contributed by atoms with Crippen molar-refractivity contribution in [1.29, 1.82) is 0 Å². The fourth-order valence-corrected chi connectivity index (χ4v) is 6.82.